The molecule has 1 aromatic carbocycles. The van der Waals surface area contributed by atoms with Gasteiger partial charge in [0.15, 0.2) is 0 Å². The number of nitriles is 1. The van der Waals surface area contributed by atoms with Crippen LogP contribution in [0.2, 0.25) is 0 Å². The fourth-order valence-corrected chi connectivity index (χ4v) is 3.49. The summed E-state index contributed by atoms with van der Waals surface area (Å²) in [7, 11) is -3.47. The standard InChI is InChI=1S/C13H18N4O2S/c1-11(13-4-2-12(10-14)3-5-13)16-20(18,19)17-8-6-15-7-9-17/h2-5,11,15-16H,6-9H2,1H3. The number of hydrogen-bond acceptors (Lipinski definition) is 4. The third kappa shape index (κ3) is 3.55. The van der Waals surface area contributed by atoms with Crippen LogP contribution in [0.5, 0.6) is 0 Å². The first-order chi connectivity index (χ1) is 9.53. The predicted octanol–water partition coefficient (Wildman–Crippen LogP) is 0.359. The van der Waals surface area contributed by atoms with Crippen LogP contribution in [0.4, 0.5) is 0 Å². The minimum absolute atomic E-state index is 0.331. The Kier molecular flexibility index (Phi) is 4.73. The van der Waals surface area contributed by atoms with Gasteiger partial charge in [0, 0.05) is 32.2 Å². The Hall–Kier alpha value is -1.46. The van der Waals surface area contributed by atoms with E-state index in [2.05, 4.69) is 10.0 Å². The van der Waals surface area contributed by atoms with Crippen molar-refractivity contribution in [3.8, 4) is 6.07 Å². The van der Waals surface area contributed by atoms with Gasteiger partial charge >= 0.3 is 0 Å². The summed E-state index contributed by atoms with van der Waals surface area (Å²) < 4.78 is 28.6. The summed E-state index contributed by atoms with van der Waals surface area (Å²) in [4.78, 5) is 0. The highest BCUT2D eigenvalue weighted by Gasteiger charge is 2.25. The lowest BCUT2D eigenvalue weighted by molar-refractivity contribution is 0.352. The Balaban J connectivity index is 2.05. The minimum Gasteiger partial charge on any atom is -0.314 e. The van der Waals surface area contributed by atoms with Crippen molar-refractivity contribution in [1.82, 2.24) is 14.3 Å². The van der Waals surface area contributed by atoms with E-state index in [1.807, 2.05) is 6.07 Å². The minimum atomic E-state index is -3.47. The maximum Gasteiger partial charge on any atom is 0.280 e. The summed E-state index contributed by atoms with van der Waals surface area (Å²) in [5, 5.41) is 11.9. The lowest BCUT2D eigenvalue weighted by Crippen LogP contribution is -2.50. The van der Waals surface area contributed by atoms with Crippen LogP contribution in [-0.2, 0) is 10.2 Å². The number of rotatable bonds is 4. The maximum absolute atomic E-state index is 12.2. The molecule has 1 aliphatic heterocycles. The van der Waals surface area contributed by atoms with Crippen molar-refractivity contribution in [3.05, 3.63) is 35.4 Å². The molecular weight excluding hydrogens is 276 g/mol. The van der Waals surface area contributed by atoms with Gasteiger partial charge in [0.1, 0.15) is 0 Å². The summed E-state index contributed by atoms with van der Waals surface area (Å²) in [6.07, 6.45) is 0. The number of nitrogens with one attached hydrogen (secondary N) is 2. The summed E-state index contributed by atoms with van der Waals surface area (Å²) >= 11 is 0. The molecule has 0 radical (unpaired) electrons. The molecule has 7 heteroatoms. The quantitative estimate of drug-likeness (QED) is 0.839. The van der Waals surface area contributed by atoms with Crippen molar-refractivity contribution < 1.29 is 8.42 Å². The van der Waals surface area contributed by atoms with Gasteiger partial charge in [0.25, 0.3) is 10.2 Å². The average molecular weight is 294 g/mol. The molecule has 0 spiro atoms. The number of benzene rings is 1. The van der Waals surface area contributed by atoms with Crippen molar-refractivity contribution in [2.24, 2.45) is 0 Å². The van der Waals surface area contributed by atoms with E-state index in [-0.39, 0.29) is 6.04 Å². The van der Waals surface area contributed by atoms with Gasteiger partial charge < -0.3 is 5.32 Å². The number of hydrogen-bond donors (Lipinski definition) is 2. The summed E-state index contributed by atoms with van der Waals surface area (Å²) in [5.41, 5.74) is 1.40. The third-order valence-corrected chi connectivity index (χ3v) is 4.98. The molecule has 1 fully saturated rings. The fourth-order valence-electron chi connectivity index (χ4n) is 2.10. The Morgan fingerprint density at radius 3 is 2.45 bits per heavy atom. The van der Waals surface area contributed by atoms with Crippen LogP contribution in [0.3, 0.4) is 0 Å². The van der Waals surface area contributed by atoms with Gasteiger partial charge in [-0.25, -0.2) is 0 Å². The molecule has 0 bridgehead atoms. The molecule has 0 aliphatic carbocycles. The molecule has 2 N–H and O–H groups in total. The van der Waals surface area contributed by atoms with E-state index in [0.717, 1.165) is 5.56 Å². The van der Waals surface area contributed by atoms with Crippen molar-refractivity contribution in [2.75, 3.05) is 26.2 Å². The number of nitrogens with zero attached hydrogens (tertiary/aromatic N) is 2. The molecule has 1 saturated heterocycles. The second-order valence-electron chi connectivity index (χ2n) is 4.73. The van der Waals surface area contributed by atoms with Crippen molar-refractivity contribution in [3.63, 3.8) is 0 Å². The van der Waals surface area contributed by atoms with Crippen LogP contribution in [0.25, 0.3) is 0 Å². The highest BCUT2D eigenvalue weighted by molar-refractivity contribution is 7.87. The Morgan fingerprint density at radius 2 is 1.90 bits per heavy atom. The predicted molar refractivity (Wildman–Crippen MR) is 76.1 cm³/mol. The van der Waals surface area contributed by atoms with Gasteiger partial charge in [-0.05, 0) is 24.6 Å². The van der Waals surface area contributed by atoms with Gasteiger partial charge in [-0.2, -0.15) is 22.7 Å². The van der Waals surface area contributed by atoms with Gasteiger partial charge in [0.2, 0.25) is 0 Å². The second kappa shape index (κ2) is 6.33. The van der Waals surface area contributed by atoms with Gasteiger partial charge in [-0.15, -0.1) is 0 Å². The molecule has 1 aliphatic rings. The zero-order valence-electron chi connectivity index (χ0n) is 11.3. The van der Waals surface area contributed by atoms with E-state index in [4.69, 9.17) is 5.26 Å². The Morgan fingerprint density at radius 1 is 1.30 bits per heavy atom. The molecular formula is C13H18N4O2S. The van der Waals surface area contributed by atoms with Crippen LogP contribution in [0.1, 0.15) is 24.1 Å². The summed E-state index contributed by atoms with van der Waals surface area (Å²) in [5.74, 6) is 0. The zero-order valence-corrected chi connectivity index (χ0v) is 12.2. The highest BCUT2D eigenvalue weighted by atomic mass is 32.2. The second-order valence-corrected chi connectivity index (χ2v) is 6.43. The maximum atomic E-state index is 12.2. The first-order valence-corrected chi connectivity index (χ1v) is 7.95. The third-order valence-electron chi connectivity index (χ3n) is 3.28. The molecule has 1 atom stereocenters. The first kappa shape index (κ1) is 14.9. The summed E-state index contributed by atoms with van der Waals surface area (Å²) in [6.45, 7) is 4.10. The molecule has 0 aromatic heterocycles. The topological polar surface area (TPSA) is 85.2 Å². The van der Waals surface area contributed by atoms with E-state index >= 15 is 0 Å². The SMILES string of the molecule is CC(NS(=O)(=O)N1CCNCC1)c1ccc(C#N)cc1. The molecule has 108 valence electrons. The molecule has 2 rings (SSSR count). The lowest BCUT2D eigenvalue weighted by atomic mass is 10.1. The molecule has 1 aromatic rings. The largest absolute Gasteiger partial charge is 0.314 e. The fraction of sp³-hybridized carbons (Fsp3) is 0.462. The van der Waals surface area contributed by atoms with E-state index in [9.17, 15) is 8.42 Å². The molecule has 6 nitrogen and oxygen atoms in total. The van der Waals surface area contributed by atoms with Crippen molar-refractivity contribution in [1.29, 1.82) is 5.26 Å². The lowest BCUT2D eigenvalue weighted by Gasteiger charge is -2.28. The normalized spacial score (nSPS) is 18.4. The van der Waals surface area contributed by atoms with Crippen LogP contribution in [0, 0.1) is 11.3 Å². The van der Waals surface area contributed by atoms with Gasteiger partial charge in [0.05, 0.1) is 11.6 Å². The molecule has 0 amide bonds. The Bertz CT molecular complexity index is 586. The van der Waals surface area contributed by atoms with Crippen LogP contribution in [0.15, 0.2) is 24.3 Å². The first-order valence-electron chi connectivity index (χ1n) is 6.51. The van der Waals surface area contributed by atoms with Crippen molar-refractivity contribution >= 4 is 10.2 Å². The number of piperazine rings is 1. The molecule has 1 heterocycles. The van der Waals surface area contributed by atoms with E-state index < -0.39 is 10.2 Å². The zero-order chi connectivity index (χ0) is 14.6. The van der Waals surface area contributed by atoms with Gasteiger partial charge in [-0.3, -0.25) is 0 Å². The highest BCUT2D eigenvalue weighted by Crippen LogP contribution is 2.15. The Labute approximate surface area is 119 Å². The van der Waals surface area contributed by atoms with Crippen molar-refractivity contribution in [2.45, 2.75) is 13.0 Å². The van der Waals surface area contributed by atoms with E-state index in [1.54, 1.807) is 31.2 Å². The van der Waals surface area contributed by atoms with Crippen LogP contribution in [-0.4, -0.2) is 38.9 Å². The van der Waals surface area contributed by atoms with Gasteiger partial charge in [-0.1, -0.05) is 12.1 Å². The molecule has 20 heavy (non-hydrogen) atoms. The molecule has 0 saturated carbocycles. The van der Waals surface area contributed by atoms with Crippen LogP contribution < -0.4 is 10.0 Å². The van der Waals surface area contributed by atoms with E-state index in [0.29, 0.717) is 31.7 Å². The van der Waals surface area contributed by atoms with Crippen LogP contribution >= 0.6 is 0 Å². The smallest absolute Gasteiger partial charge is 0.280 e. The van der Waals surface area contributed by atoms with E-state index in [1.165, 1.54) is 4.31 Å². The molecule has 1 unspecified atom stereocenters. The average Bonchev–Trinajstić information content (AvgIpc) is 2.48. The monoisotopic (exact) mass is 294 g/mol. The summed E-state index contributed by atoms with van der Waals surface area (Å²) in [6, 6.07) is 8.61.